The lowest BCUT2D eigenvalue weighted by Crippen LogP contribution is -2.49. The number of hydrogen-bond acceptors (Lipinski definition) is 6. The van der Waals surface area contributed by atoms with Gasteiger partial charge in [-0.25, -0.2) is 0 Å². The quantitative estimate of drug-likeness (QED) is 0.152. The fourth-order valence-electron chi connectivity index (χ4n) is 5.04. The van der Waals surface area contributed by atoms with Gasteiger partial charge < -0.3 is 19.9 Å². The van der Waals surface area contributed by atoms with E-state index in [1.165, 1.54) is 12.1 Å². The predicted octanol–water partition coefficient (Wildman–Crippen LogP) is 7.18. The third-order valence-corrected chi connectivity index (χ3v) is 7.94. The summed E-state index contributed by atoms with van der Waals surface area (Å²) < 4.78 is 85.4. The van der Waals surface area contributed by atoms with Crippen molar-refractivity contribution < 1.29 is 36.0 Å². The Hall–Kier alpha value is -2.84. The number of thiocarbonyl (C=S) groups is 1. The van der Waals surface area contributed by atoms with Crippen molar-refractivity contribution in [2.45, 2.75) is 50.2 Å². The van der Waals surface area contributed by atoms with E-state index in [1.54, 1.807) is 6.07 Å². The fraction of sp³-hybridized carbons (Fsp3) is 0.500. The van der Waals surface area contributed by atoms with E-state index >= 15 is 0 Å². The van der Waals surface area contributed by atoms with E-state index in [0.29, 0.717) is 62.5 Å². The highest BCUT2D eigenvalue weighted by Crippen LogP contribution is 2.39. The number of piperazine rings is 1. The smallest absolute Gasteiger partial charge is 0.382 e. The summed E-state index contributed by atoms with van der Waals surface area (Å²) in [5, 5.41) is 13.7. The molecule has 15 heteroatoms. The van der Waals surface area contributed by atoms with Crippen LogP contribution in [0, 0.1) is 10.1 Å². The number of nitrogens with one attached hydrogen (secondary N) is 1. The van der Waals surface area contributed by atoms with Gasteiger partial charge >= 0.3 is 12.4 Å². The summed E-state index contributed by atoms with van der Waals surface area (Å²) in [6.45, 7) is 2.23. The zero-order valence-corrected chi connectivity index (χ0v) is 23.2. The van der Waals surface area contributed by atoms with Crippen LogP contribution in [0.15, 0.2) is 36.4 Å². The number of halogens is 7. The highest BCUT2D eigenvalue weighted by molar-refractivity contribution is 7.80. The molecular formula is C26H27ClF6N4O3S. The Morgan fingerprint density at radius 1 is 0.976 bits per heavy atom. The van der Waals surface area contributed by atoms with Gasteiger partial charge in [-0.1, -0.05) is 23.8 Å². The van der Waals surface area contributed by atoms with Crippen molar-refractivity contribution in [3.05, 3.63) is 62.7 Å². The number of benzene rings is 2. The molecule has 2 aliphatic rings. The summed E-state index contributed by atoms with van der Waals surface area (Å²) in [6, 6.07) is 6.66. The third-order valence-electron chi connectivity index (χ3n) is 7.24. The van der Waals surface area contributed by atoms with Crippen LogP contribution in [0.25, 0.3) is 0 Å². The molecule has 0 radical (unpaired) electrons. The van der Waals surface area contributed by atoms with Gasteiger partial charge in [-0.05, 0) is 56.0 Å². The summed E-state index contributed by atoms with van der Waals surface area (Å²) in [5.74, 6) is 0. The average molecular weight is 625 g/mol. The predicted molar refractivity (Wildman–Crippen MR) is 147 cm³/mol. The third kappa shape index (κ3) is 7.92. The number of anilines is 2. The van der Waals surface area contributed by atoms with Gasteiger partial charge in [-0.15, -0.1) is 0 Å². The first-order valence-electron chi connectivity index (χ1n) is 12.9. The molecular weight excluding hydrogens is 598 g/mol. The van der Waals surface area contributed by atoms with E-state index in [9.17, 15) is 36.5 Å². The van der Waals surface area contributed by atoms with Crippen LogP contribution in [-0.2, 0) is 17.1 Å². The molecule has 2 aromatic rings. The summed E-state index contributed by atoms with van der Waals surface area (Å²) in [6.07, 6.45) is -6.88. The zero-order chi connectivity index (χ0) is 29.9. The maximum absolute atomic E-state index is 13.3. The Labute approximate surface area is 242 Å². The summed E-state index contributed by atoms with van der Waals surface area (Å²) in [5.41, 5.74) is -2.54. The molecule has 0 atom stereocenters. The molecule has 1 saturated carbocycles. The maximum Gasteiger partial charge on any atom is 0.423 e. The lowest BCUT2D eigenvalue weighted by molar-refractivity contribution is -0.388. The Bertz CT molecular complexity index is 1260. The van der Waals surface area contributed by atoms with E-state index in [0.717, 1.165) is 18.2 Å². The summed E-state index contributed by atoms with van der Waals surface area (Å²) >= 11 is 11.3. The SMILES string of the molecule is O=[N+]([O-])c1ccc(NC2CCC(OCC(=S)N3CCN(c4ccc(Cl)c(C(F)(F)F)c4)CC3)CC2)cc1C(F)(F)F. The molecule has 0 spiro atoms. The molecule has 1 aliphatic carbocycles. The first-order chi connectivity index (χ1) is 19.2. The van der Waals surface area contributed by atoms with E-state index in [4.69, 9.17) is 28.6 Å². The minimum Gasteiger partial charge on any atom is -0.382 e. The Morgan fingerprint density at radius 3 is 2.20 bits per heavy atom. The van der Waals surface area contributed by atoms with Gasteiger partial charge in [0.25, 0.3) is 5.69 Å². The number of nitro groups is 1. The Balaban J connectivity index is 1.21. The van der Waals surface area contributed by atoms with E-state index in [1.807, 2.05) is 9.80 Å². The molecule has 2 fully saturated rings. The molecule has 0 unspecified atom stereocenters. The van der Waals surface area contributed by atoms with Crippen LogP contribution in [0.2, 0.25) is 5.02 Å². The minimum atomic E-state index is -4.84. The normalized spacial score (nSPS) is 20.2. The van der Waals surface area contributed by atoms with Crippen LogP contribution in [0.5, 0.6) is 0 Å². The van der Waals surface area contributed by atoms with Crippen molar-refractivity contribution in [3.8, 4) is 0 Å². The van der Waals surface area contributed by atoms with Crippen LogP contribution >= 0.6 is 23.8 Å². The average Bonchev–Trinajstić information content (AvgIpc) is 2.91. The second-order valence-corrected chi connectivity index (χ2v) is 10.8. The van der Waals surface area contributed by atoms with Gasteiger partial charge in [0.2, 0.25) is 0 Å². The van der Waals surface area contributed by atoms with Crippen molar-refractivity contribution >= 4 is 45.9 Å². The minimum absolute atomic E-state index is 0.0789. The maximum atomic E-state index is 13.3. The molecule has 7 nitrogen and oxygen atoms in total. The van der Waals surface area contributed by atoms with Crippen LogP contribution in [0.3, 0.4) is 0 Å². The first kappa shape index (κ1) is 31.1. The van der Waals surface area contributed by atoms with Gasteiger partial charge in [0.1, 0.15) is 10.6 Å². The lowest BCUT2D eigenvalue weighted by Gasteiger charge is -2.38. The number of alkyl halides is 6. The van der Waals surface area contributed by atoms with Crippen molar-refractivity contribution in [1.29, 1.82) is 0 Å². The fourth-order valence-corrected chi connectivity index (χ4v) is 5.52. The molecule has 4 rings (SSSR count). The number of nitrogens with zero attached hydrogens (tertiary/aromatic N) is 3. The van der Waals surface area contributed by atoms with E-state index < -0.39 is 34.1 Å². The van der Waals surface area contributed by atoms with Gasteiger partial charge in [0, 0.05) is 49.7 Å². The van der Waals surface area contributed by atoms with Gasteiger partial charge in [0.15, 0.2) is 0 Å². The monoisotopic (exact) mass is 624 g/mol. The van der Waals surface area contributed by atoms with Crippen molar-refractivity contribution in [2.24, 2.45) is 0 Å². The molecule has 1 aliphatic heterocycles. The van der Waals surface area contributed by atoms with E-state index in [2.05, 4.69) is 5.32 Å². The lowest BCUT2D eigenvalue weighted by atomic mass is 9.92. The van der Waals surface area contributed by atoms with Crippen LogP contribution < -0.4 is 10.2 Å². The molecule has 0 bridgehead atoms. The Kier molecular flexibility index (Phi) is 9.54. The molecule has 1 N–H and O–H groups in total. The number of hydrogen-bond donors (Lipinski definition) is 1. The highest BCUT2D eigenvalue weighted by atomic mass is 35.5. The first-order valence-corrected chi connectivity index (χ1v) is 13.6. The zero-order valence-electron chi connectivity index (χ0n) is 21.6. The van der Waals surface area contributed by atoms with Crippen molar-refractivity contribution in [1.82, 2.24) is 4.90 Å². The number of rotatable bonds is 7. The summed E-state index contributed by atoms with van der Waals surface area (Å²) in [7, 11) is 0. The van der Waals surface area contributed by atoms with Crippen LogP contribution in [-0.4, -0.2) is 59.7 Å². The van der Waals surface area contributed by atoms with Crippen molar-refractivity contribution in [2.75, 3.05) is 43.0 Å². The summed E-state index contributed by atoms with van der Waals surface area (Å²) in [4.78, 5) is 14.3. The van der Waals surface area contributed by atoms with Gasteiger partial charge in [-0.3, -0.25) is 10.1 Å². The topological polar surface area (TPSA) is 70.9 Å². The molecule has 0 amide bonds. The molecule has 224 valence electrons. The molecule has 2 aromatic carbocycles. The molecule has 41 heavy (non-hydrogen) atoms. The second kappa shape index (κ2) is 12.6. The van der Waals surface area contributed by atoms with Gasteiger partial charge in [-0.2, -0.15) is 26.3 Å². The standard InChI is InChI=1S/C26H27ClF6N4O3S/c27-22-7-4-18(14-20(22)25(28,29)30)35-9-11-36(12-10-35)24(41)15-40-19-5-1-16(2-6-19)34-17-3-8-23(37(38)39)21(13-17)26(31,32)33/h3-4,7-8,13-14,16,19,34H,1-2,5-6,9-12,15H2. The van der Waals surface area contributed by atoms with Crippen molar-refractivity contribution in [3.63, 3.8) is 0 Å². The second-order valence-electron chi connectivity index (χ2n) is 9.95. The number of ether oxygens (including phenoxy) is 1. The Morgan fingerprint density at radius 2 is 1.61 bits per heavy atom. The number of nitro benzene ring substituents is 1. The molecule has 1 heterocycles. The highest BCUT2D eigenvalue weighted by Gasteiger charge is 2.39. The largest absolute Gasteiger partial charge is 0.423 e. The van der Waals surface area contributed by atoms with Crippen LogP contribution in [0.4, 0.5) is 43.4 Å². The molecule has 0 aromatic heterocycles. The molecule has 1 saturated heterocycles. The van der Waals surface area contributed by atoms with E-state index in [-0.39, 0.29) is 29.5 Å². The van der Waals surface area contributed by atoms with Gasteiger partial charge in [0.05, 0.1) is 28.2 Å². The van der Waals surface area contributed by atoms with Crippen LogP contribution in [0.1, 0.15) is 36.8 Å².